The van der Waals surface area contributed by atoms with Crippen molar-refractivity contribution in [2.24, 2.45) is 0 Å². The van der Waals surface area contributed by atoms with Gasteiger partial charge in [0.25, 0.3) is 11.8 Å². The van der Waals surface area contributed by atoms with Crippen LogP contribution in [0.25, 0.3) is 11.1 Å². The van der Waals surface area contributed by atoms with E-state index in [0.29, 0.717) is 62.6 Å². The molecule has 68 heavy (non-hydrogen) atoms. The first-order chi connectivity index (χ1) is 32.1. The van der Waals surface area contributed by atoms with Gasteiger partial charge in [0, 0.05) is 74.4 Å². The van der Waals surface area contributed by atoms with Crippen molar-refractivity contribution in [3.8, 4) is 23.0 Å². The second-order valence-corrected chi connectivity index (χ2v) is 18.8. The minimum Gasteiger partial charge on any atom is -0.508 e. The molecule has 0 aliphatic carbocycles. The fourth-order valence-corrected chi connectivity index (χ4v) is 9.46. The number of phenolic OH excluding ortho intramolecular Hbond substituents is 2. The van der Waals surface area contributed by atoms with Crippen molar-refractivity contribution in [2.45, 2.75) is 111 Å². The predicted molar refractivity (Wildman–Crippen MR) is 270 cm³/mol. The number of hydrogen-bond donors (Lipinski definition) is 3. The molecule has 3 N–H and O–H groups in total. The summed E-state index contributed by atoms with van der Waals surface area (Å²) in [6.07, 6.45) is 9.09. The smallest absolute Gasteiger partial charge is 0.410 e. The van der Waals surface area contributed by atoms with Crippen molar-refractivity contribution < 1.29 is 38.8 Å². The van der Waals surface area contributed by atoms with E-state index >= 15 is 0 Å². The van der Waals surface area contributed by atoms with Crippen LogP contribution in [0.5, 0.6) is 23.0 Å². The molecule has 4 heterocycles. The van der Waals surface area contributed by atoms with Gasteiger partial charge in [0.1, 0.15) is 39.8 Å². The molecule has 2 unspecified atom stereocenters. The van der Waals surface area contributed by atoms with Crippen LogP contribution in [-0.2, 0) is 4.74 Å². The van der Waals surface area contributed by atoms with E-state index in [9.17, 15) is 24.6 Å². The van der Waals surface area contributed by atoms with E-state index in [4.69, 9.17) is 14.2 Å². The molecule has 4 aliphatic rings. The van der Waals surface area contributed by atoms with Gasteiger partial charge in [-0.25, -0.2) is 4.79 Å². The summed E-state index contributed by atoms with van der Waals surface area (Å²) in [6.45, 7) is 19.3. The molecule has 2 spiro atoms. The number of benzene rings is 4. The topological polar surface area (TPSA) is 141 Å². The Morgan fingerprint density at radius 3 is 1.54 bits per heavy atom. The standard InChI is InChI=1S/C30H38N2O5.C25H30N2O3.CH4/c1-6-31(7-2)27(34)22-11-9-21(10-12-22)25-20-30(36-26-14-13-23(33)19-24(25)26)15-8-17-32(18-16-30)28(35)37-29(3,4)5;1-3-27(4-2)24(29)19-8-6-18(7-9-19)22-17-25(12-5-14-26-15-13-25)30-23-11-10-20(28)16-21(22)23;/h9-14,19-20,33H,6-8,15-18H2,1-5H3;6-11,16-17,26,28H,3-5,12-15H2,1-2H3;1H4. The number of carbonyl (C=O) groups excluding carboxylic acids is 3. The summed E-state index contributed by atoms with van der Waals surface area (Å²) in [6, 6.07) is 25.9. The maximum Gasteiger partial charge on any atom is 0.410 e. The number of likely N-dealkylation sites (tertiary alicyclic amines) is 1. The number of nitrogens with one attached hydrogen (secondary N) is 1. The Bertz CT molecular complexity index is 2460. The lowest BCUT2D eigenvalue weighted by atomic mass is 9.84. The summed E-state index contributed by atoms with van der Waals surface area (Å²) >= 11 is 0. The van der Waals surface area contributed by atoms with Gasteiger partial charge in [-0.15, -0.1) is 0 Å². The minimum atomic E-state index is -0.591. The fraction of sp³-hybridized carbons (Fsp3) is 0.446. The zero-order chi connectivity index (χ0) is 47.9. The van der Waals surface area contributed by atoms with Crippen LogP contribution in [0, 0.1) is 0 Å². The van der Waals surface area contributed by atoms with E-state index in [1.54, 1.807) is 40.1 Å². The largest absolute Gasteiger partial charge is 0.508 e. The van der Waals surface area contributed by atoms with Crippen molar-refractivity contribution >= 4 is 29.1 Å². The Hall–Kier alpha value is -6.27. The summed E-state index contributed by atoms with van der Waals surface area (Å²) in [5.74, 6) is 1.94. The molecule has 12 nitrogen and oxygen atoms in total. The van der Waals surface area contributed by atoms with E-state index in [0.717, 1.165) is 84.3 Å². The highest BCUT2D eigenvalue weighted by atomic mass is 16.6. The van der Waals surface area contributed by atoms with Crippen LogP contribution in [0.4, 0.5) is 4.79 Å². The average molecular weight is 929 g/mol. The molecule has 12 heteroatoms. The van der Waals surface area contributed by atoms with Gasteiger partial charge in [0.15, 0.2) is 0 Å². The lowest BCUT2D eigenvalue weighted by Crippen LogP contribution is -2.40. The Morgan fingerprint density at radius 2 is 1.09 bits per heavy atom. The highest BCUT2D eigenvalue weighted by Gasteiger charge is 2.40. The van der Waals surface area contributed by atoms with E-state index in [1.165, 1.54) is 0 Å². The van der Waals surface area contributed by atoms with E-state index in [2.05, 4.69) is 17.5 Å². The lowest BCUT2D eigenvalue weighted by molar-refractivity contribution is 0.0242. The third kappa shape index (κ3) is 11.7. The zero-order valence-electron chi connectivity index (χ0n) is 40.3. The third-order valence-electron chi connectivity index (χ3n) is 13.1. The molecule has 0 saturated carbocycles. The minimum absolute atomic E-state index is 0. The van der Waals surface area contributed by atoms with Gasteiger partial charge in [-0.1, -0.05) is 31.7 Å². The molecule has 4 aromatic carbocycles. The molecular weight excluding hydrogens is 857 g/mol. The number of amides is 3. The fourth-order valence-electron chi connectivity index (χ4n) is 9.46. The second-order valence-electron chi connectivity index (χ2n) is 18.8. The second kappa shape index (κ2) is 21.8. The van der Waals surface area contributed by atoms with Gasteiger partial charge in [-0.05, 0) is 182 Å². The van der Waals surface area contributed by atoms with Crippen LogP contribution < -0.4 is 14.8 Å². The Morgan fingerprint density at radius 1 is 0.632 bits per heavy atom. The van der Waals surface area contributed by atoms with Gasteiger partial charge in [-0.2, -0.15) is 0 Å². The molecule has 364 valence electrons. The first-order valence-electron chi connectivity index (χ1n) is 24.1. The highest BCUT2D eigenvalue weighted by molar-refractivity contribution is 5.96. The molecule has 8 rings (SSSR count). The average Bonchev–Trinajstić information content (AvgIpc) is 3.67. The number of ether oxygens (including phenoxy) is 3. The first-order valence-corrected chi connectivity index (χ1v) is 24.1. The van der Waals surface area contributed by atoms with Crippen molar-refractivity contribution in [2.75, 3.05) is 52.4 Å². The molecule has 4 aromatic rings. The number of carbonyl (C=O) groups is 3. The first kappa shape index (κ1) is 51.1. The summed E-state index contributed by atoms with van der Waals surface area (Å²) in [5.41, 5.74) is 5.52. The maximum absolute atomic E-state index is 12.8. The van der Waals surface area contributed by atoms with Gasteiger partial charge < -0.3 is 44.4 Å². The van der Waals surface area contributed by atoms with Crippen LogP contribution in [0.2, 0.25) is 0 Å². The van der Waals surface area contributed by atoms with Crippen LogP contribution in [0.1, 0.15) is 137 Å². The molecule has 2 fully saturated rings. The van der Waals surface area contributed by atoms with Crippen LogP contribution >= 0.6 is 0 Å². The number of phenols is 2. The van der Waals surface area contributed by atoms with Crippen molar-refractivity contribution in [1.29, 1.82) is 0 Å². The number of hydrogen-bond acceptors (Lipinski definition) is 9. The third-order valence-corrected chi connectivity index (χ3v) is 13.1. The SMILES string of the molecule is C.CCN(CC)C(=O)c1ccc(C2=CC3(CCCN(C(=O)OC(C)(C)C)CC3)Oc3ccc(O)cc32)cc1.CCN(CC)C(=O)c1ccc(C2=CC3(CCCNCC3)Oc3ccc(O)cc32)cc1. The number of fused-ring (bicyclic) bond motifs is 2. The van der Waals surface area contributed by atoms with Crippen molar-refractivity contribution in [3.63, 3.8) is 0 Å². The maximum atomic E-state index is 12.8. The van der Waals surface area contributed by atoms with Gasteiger partial charge in [-0.3, -0.25) is 9.59 Å². The molecule has 3 amide bonds. The van der Waals surface area contributed by atoms with E-state index in [1.807, 2.05) is 108 Å². The molecule has 2 saturated heterocycles. The van der Waals surface area contributed by atoms with Crippen LogP contribution in [0.15, 0.2) is 97.1 Å². The highest BCUT2D eigenvalue weighted by Crippen LogP contribution is 2.46. The summed E-state index contributed by atoms with van der Waals surface area (Å²) < 4.78 is 18.7. The Kier molecular flexibility index (Phi) is 16.4. The van der Waals surface area contributed by atoms with Gasteiger partial charge in [0.2, 0.25) is 0 Å². The van der Waals surface area contributed by atoms with Crippen LogP contribution in [-0.4, -0.2) is 112 Å². The lowest BCUT2D eigenvalue weighted by Gasteiger charge is -2.37. The van der Waals surface area contributed by atoms with Gasteiger partial charge >= 0.3 is 6.09 Å². The van der Waals surface area contributed by atoms with E-state index < -0.39 is 11.2 Å². The monoisotopic (exact) mass is 929 g/mol. The summed E-state index contributed by atoms with van der Waals surface area (Å²) in [7, 11) is 0. The van der Waals surface area contributed by atoms with Gasteiger partial charge in [0.05, 0.1) is 0 Å². The number of aromatic hydroxyl groups is 2. The number of nitrogens with zero attached hydrogens (tertiary/aromatic N) is 3. The molecule has 0 aromatic heterocycles. The Labute approximate surface area is 403 Å². The summed E-state index contributed by atoms with van der Waals surface area (Å²) in [4.78, 5) is 43.6. The predicted octanol–water partition coefficient (Wildman–Crippen LogP) is 10.7. The van der Waals surface area contributed by atoms with Crippen molar-refractivity contribution in [1.82, 2.24) is 20.0 Å². The molecule has 4 aliphatic heterocycles. The molecule has 0 radical (unpaired) electrons. The Balaban J connectivity index is 0.000000225. The zero-order valence-corrected chi connectivity index (χ0v) is 40.3. The number of rotatable bonds is 8. The summed E-state index contributed by atoms with van der Waals surface area (Å²) in [5, 5.41) is 23.8. The quantitative estimate of drug-likeness (QED) is 0.157. The molecule has 0 bridgehead atoms. The van der Waals surface area contributed by atoms with Crippen molar-refractivity contribution in [3.05, 3.63) is 130 Å². The molecule has 2 atom stereocenters. The molecular formula is C56H72N4O8. The van der Waals surface area contributed by atoms with Crippen LogP contribution in [0.3, 0.4) is 0 Å². The van der Waals surface area contributed by atoms with E-state index in [-0.39, 0.29) is 42.4 Å². The normalized spacial score (nSPS) is 19.7.